The summed E-state index contributed by atoms with van der Waals surface area (Å²) in [5, 5.41) is 22.7. The Bertz CT molecular complexity index is 456. The van der Waals surface area contributed by atoms with Crippen LogP contribution in [0.2, 0.25) is 0 Å². The molecule has 1 aromatic carbocycles. The highest BCUT2D eigenvalue weighted by atomic mass is 35.5. The summed E-state index contributed by atoms with van der Waals surface area (Å²) in [6.45, 7) is 4.96. The predicted octanol–water partition coefficient (Wildman–Crippen LogP) is 1.18. The minimum atomic E-state index is -1.51. The monoisotopic (exact) mass is 256 g/mol. The van der Waals surface area contributed by atoms with Gasteiger partial charge in [-0.05, 0) is 26.8 Å². The van der Waals surface area contributed by atoms with Gasteiger partial charge in [0.2, 0.25) is 5.72 Å². The Balaban J connectivity index is 0.00000144. The van der Waals surface area contributed by atoms with Crippen LogP contribution in [-0.2, 0) is 0 Å². The SMILES string of the molecule is Cc1cccc(C2=NC(C)(O)C(C)(O)N2)c1.Cl. The molecule has 0 bridgehead atoms. The Morgan fingerprint density at radius 2 is 1.88 bits per heavy atom. The van der Waals surface area contributed by atoms with Crippen LogP contribution in [0.3, 0.4) is 0 Å². The van der Waals surface area contributed by atoms with Gasteiger partial charge in [0.15, 0.2) is 5.72 Å². The molecule has 1 heterocycles. The molecule has 0 amide bonds. The van der Waals surface area contributed by atoms with Gasteiger partial charge in [0.1, 0.15) is 5.84 Å². The molecule has 0 fully saturated rings. The van der Waals surface area contributed by atoms with Crippen molar-refractivity contribution in [3.05, 3.63) is 35.4 Å². The highest BCUT2D eigenvalue weighted by molar-refractivity contribution is 6.00. The summed E-state index contributed by atoms with van der Waals surface area (Å²) in [6, 6.07) is 7.73. The Kier molecular flexibility index (Phi) is 3.52. The third kappa shape index (κ3) is 2.44. The zero-order valence-corrected chi connectivity index (χ0v) is 10.9. The van der Waals surface area contributed by atoms with E-state index < -0.39 is 11.4 Å². The first-order valence-corrected chi connectivity index (χ1v) is 5.22. The molecule has 4 nitrogen and oxygen atoms in total. The average molecular weight is 257 g/mol. The molecular weight excluding hydrogens is 240 g/mol. The number of benzene rings is 1. The molecule has 0 spiro atoms. The van der Waals surface area contributed by atoms with Gasteiger partial charge < -0.3 is 15.5 Å². The van der Waals surface area contributed by atoms with Gasteiger partial charge in [-0.25, -0.2) is 4.99 Å². The summed E-state index contributed by atoms with van der Waals surface area (Å²) in [4.78, 5) is 4.10. The van der Waals surface area contributed by atoms with Gasteiger partial charge in [-0.3, -0.25) is 0 Å². The van der Waals surface area contributed by atoms with Crippen molar-refractivity contribution >= 4 is 18.2 Å². The van der Waals surface area contributed by atoms with Crippen molar-refractivity contribution in [2.24, 2.45) is 4.99 Å². The number of rotatable bonds is 1. The number of aliphatic imine (C=N–C) groups is 1. The molecule has 0 saturated carbocycles. The van der Waals surface area contributed by atoms with E-state index in [0.717, 1.165) is 11.1 Å². The molecule has 5 heteroatoms. The van der Waals surface area contributed by atoms with E-state index in [9.17, 15) is 10.2 Å². The van der Waals surface area contributed by atoms with Crippen molar-refractivity contribution in [3.8, 4) is 0 Å². The fourth-order valence-corrected chi connectivity index (χ4v) is 1.63. The number of hydrogen-bond donors (Lipinski definition) is 3. The lowest BCUT2D eigenvalue weighted by atomic mass is 10.1. The lowest BCUT2D eigenvalue weighted by molar-refractivity contribution is -0.122. The molecule has 0 aliphatic carbocycles. The van der Waals surface area contributed by atoms with Crippen molar-refractivity contribution in [1.82, 2.24) is 5.32 Å². The van der Waals surface area contributed by atoms with E-state index in [1.807, 2.05) is 31.2 Å². The van der Waals surface area contributed by atoms with Crippen LogP contribution >= 0.6 is 12.4 Å². The first kappa shape index (κ1) is 14.0. The van der Waals surface area contributed by atoms with Crippen molar-refractivity contribution in [2.75, 3.05) is 0 Å². The van der Waals surface area contributed by atoms with E-state index in [1.54, 1.807) is 0 Å². The van der Waals surface area contributed by atoms with Gasteiger partial charge in [0, 0.05) is 5.56 Å². The molecule has 94 valence electrons. The van der Waals surface area contributed by atoms with Gasteiger partial charge in [0.05, 0.1) is 0 Å². The summed E-state index contributed by atoms with van der Waals surface area (Å²) >= 11 is 0. The fraction of sp³-hybridized carbons (Fsp3) is 0.417. The van der Waals surface area contributed by atoms with E-state index in [0.29, 0.717) is 5.84 Å². The highest BCUT2D eigenvalue weighted by Crippen LogP contribution is 2.27. The van der Waals surface area contributed by atoms with E-state index >= 15 is 0 Å². The zero-order chi connectivity index (χ0) is 12.0. The summed E-state index contributed by atoms with van der Waals surface area (Å²) in [5.74, 6) is 0.513. The maximum atomic E-state index is 9.95. The maximum absolute atomic E-state index is 9.95. The summed E-state index contributed by atoms with van der Waals surface area (Å²) < 4.78 is 0. The zero-order valence-electron chi connectivity index (χ0n) is 10.1. The standard InChI is InChI=1S/C12H16N2O2.ClH/c1-8-5-4-6-9(7-8)10-13-11(2,15)12(3,16)14-10;/h4-7,15-16H,1-3H3,(H,13,14);1H. The van der Waals surface area contributed by atoms with Crippen LogP contribution in [0, 0.1) is 6.92 Å². The third-order valence-electron chi connectivity index (χ3n) is 2.91. The summed E-state index contributed by atoms with van der Waals surface area (Å²) in [5.41, 5.74) is -0.982. The van der Waals surface area contributed by atoms with Gasteiger partial charge in [0.25, 0.3) is 0 Å². The van der Waals surface area contributed by atoms with Crippen molar-refractivity contribution < 1.29 is 10.2 Å². The fourth-order valence-electron chi connectivity index (χ4n) is 1.63. The first-order valence-electron chi connectivity index (χ1n) is 5.22. The second-order valence-corrected chi connectivity index (χ2v) is 4.55. The quantitative estimate of drug-likeness (QED) is 0.707. The molecule has 1 aliphatic heterocycles. The largest absolute Gasteiger partial charge is 0.367 e. The van der Waals surface area contributed by atoms with E-state index in [1.165, 1.54) is 13.8 Å². The molecule has 0 aromatic heterocycles. The number of nitrogens with zero attached hydrogens (tertiary/aromatic N) is 1. The lowest BCUT2D eigenvalue weighted by Gasteiger charge is -2.29. The van der Waals surface area contributed by atoms with Gasteiger partial charge in [-0.15, -0.1) is 12.4 Å². The Morgan fingerprint density at radius 1 is 1.24 bits per heavy atom. The number of halogens is 1. The lowest BCUT2D eigenvalue weighted by Crippen LogP contribution is -2.54. The highest BCUT2D eigenvalue weighted by Gasteiger charge is 2.47. The number of nitrogens with one attached hydrogen (secondary N) is 1. The van der Waals surface area contributed by atoms with Gasteiger partial charge in [-0.1, -0.05) is 23.8 Å². The van der Waals surface area contributed by atoms with E-state index in [4.69, 9.17) is 0 Å². The molecular formula is C12H17ClN2O2. The van der Waals surface area contributed by atoms with Crippen molar-refractivity contribution in [2.45, 2.75) is 32.2 Å². The second-order valence-electron chi connectivity index (χ2n) is 4.55. The van der Waals surface area contributed by atoms with E-state index in [2.05, 4.69) is 10.3 Å². The smallest absolute Gasteiger partial charge is 0.203 e. The molecule has 3 N–H and O–H groups in total. The molecule has 2 unspecified atom stereocenters. The number of hydrogen-bond acceptors (Lipinski definition) is 4. The predicted molar refractivity (Wildman–Crippen MR) is 69.3 cm³/mol. The Labute approximate surface area is 107 Å². The third-order valence-corrected chi connectivity index (χ3v) is 2.91. The number of aliphatic hydroxyl groups is 2. The van der Waals surface area contributed by atoms with Crippen molar-refractivity contribution in [3.63, 3.8) is 0 Å². The van der Waals surface area contributed by atoms with Crippen LogP contribution in [0.4, 0.5) is 0 Å². The molecule has 0 saturated heterocycles. The normalized spacial score (nSPS) is 31.5. The van der Waals surface area contributed by atoms with Gasteiger partial charge in [-0.2, -0.15) is 0 Å². The minimum Gasteiger partial charge on any atom is -0.367 e. The first-order chi connectivity index (χ1) is 7.32. The van der Waals surface area contributed by atoms with Crippen LogP contribution in [0.5, 0.6) is 0 Å². The van der Waals surface area contributed by atoms with Crippen LogP contribution in [-0.4, -0.2) is 27.5 Å². The summed E-state index contributed by atoms with van der Waals surface area (Å²) in [6.07, 6.45) is 0. The second kappa shape index (κ2) is 4.29. The van der Waals surface area contributed by atoms with E-state index in [-0.39, 0.29) is 12.4 Å². The number of amidine groups is 1. The maximum Gasteiger partial charge on any atom is 0.203 e. The van der Waals surface area contributed by atoms with Crippen LogP contribution in [0.25, 0.3) is 0 Å². The molecule has 1 aromatic rings. The Hall–Kier alpha value is -1.10. The van der Waals surface area contributed by atoms with Crippen molar-refractivity contribution in [1.29, 1.82) is 0 Å². The van der Waals surface area contributed by atoms with Crippen LogP contribution in [0.1, 0.15) is 25.0 Å². The minimum absolute atomic E-state index is 0. The molecule has 1 aliphatic rings. The average Bonchev–Trinajstić information content (AvgIpc) is 2.36. The topological polar surface area (TPSA) is 64.9 Å². The van der Waals surface area contributed by atoms with Crippen LogP contribution < -0.4 is 5.32 Å². The number of aryl methyl sites for hydroxylation is 1. The Morgan fingerprint density at radius 3 is 2.35 bits per heavy atom. The van der Waals surface area contributed by atoms with Gasteiger partial charge >= 0.3 is 0 Å². The summed E-state index contributed by atoms with van der Waals surface area (Å²) in [7, 11) is 0. The molecule has 17 heavy (non-hydrogen) atoms. The molecule has 2 rings (SSSR count). The molecule has 2 atom stereocenters. The molecule has 0 radical (unpaired) electrons. The van der Waals surface area contributed by atoms with Crippen LogP contribution in [0.15, 0.2) is 29.3 Å².